The van der Waals surface area contributed by atoms with Crippen LogP contribution in [0.1, 0.15) is 13.8 Å². The smallest absolute Gasteiger partial charge is 0.177 e. The van der Waals surface area contributed by atoms with Crippen LogP contribution in [0.3, 0.4) is 0 Å². The molecule has 0 aliphatic carbocycles. The lowest BCUT2D eigenvalue weighted by Crippen LogP contribution is -2.34. The summed E-state index contributed by atoms with van der Waals surface area (Å²) in [5, 5.41) is 3.26. The van der Waals surface area contributed by atoms with Crippen molar-refractivity contribution in [2.45, 2.75) is 18.7 Å². The summed E-state index contributed by atoms with van der Waals surface area (Å²) in [6.07, 6.45) is 1.23. The summed E-state index contributed by atoms with van der Waals surface area (Å²) in [5.41, 5.74) is 0.741. The molecule has 0 aliphatic rings. The van der Waals surface area contributed by atoms with Gasteiger partial charge in [-0.1, -0.05) is 26.0 Å². The molecule has 108 valence electrons. The first-order chi connectivity index (χ1) is 8.62. The van der Waals surface area contributed by atoms with Gasteiger partial charge in [-0.2, -0.15) is 0 Å². The summed E-state index contributed by atoms with van der Waals surface area (Å²) in [6.45, 7) is 5.96. The zero-order chi connectivity index (χ0) is 14.7. The number of rotatable bonds is 6. The molecule has 0 heterocycles. The molecule has 1 aromatic carbocycles. The maximum Gasteiger partial charge on any atom is 0.177 e. The van der Waals surface area contributed by atoms with Gasteiger partial charge in [0.2, 0.25) is 0 Å². The Hall–Kier alpha value is -1.07. The van der Waals surface area contributed by atoms with Crippen LogP contribution in [0.5, 0.6) is 0 Å². The van der Waals surface area contributed by atoms with E-state index in [9.17, 15) is 8.42 Å². The maximum absolute atomic E-state index is 11.7. The molecular weight excluding hydrogens is 260 g/mol. The molecule has 0 bridgehead atoms. The second-order valence-electron chi connectivity index (χ2n) is 6.02. The van der Waals surface area contributed by atoms with Crippen LogP contribution in [0.4, 0.5) is 5.69 Å². The van der Waals surface area contributed by atoms with Crippen molar-refractivity contribution in [2.24, 2.45) is 5.41 Å². The first kappa shape index (κ1) is 16.0. The Morgan fingerprint density at radius 3 is 2.32 bits per heavy atom. The molecule has 0 saturated carbocycles. The monoisotopic (exact) mass is 284 g/mol. The van der Waals surface area contributed by atoms with Gasteiger partial charge in [0.05, 0.1) is 10.6 Å². The third kappa shape index (κ3) is 5.20. The molecule has 5 heteroatoms. The molecule has 0 spiro atoms. The molecule has 1 aromatic rings. The highest BCUT2D eigenvalue weighted by Crippen LogP contribution is 2.23. The van der Waals surface area contributed by atoms with E-state index in [2.05, 4.69) is 24.1 Å². The molecule has 0 atom stereocenters. The van der Waals surface area contributed by atoms with Crippen LogP contribution in [0, 0.1) is 5.41 Å². The summed E-state index contributed by atoms with van der Waals surface area (Å²) in [7, 11) is 0.871. The number of benzene rings is 1. The van der Waals surface area contributed by atoms with E-state index in [1.807, 2.05) is 26.2 Å². The van der Waals surface area contributed by atoms with Crippen molar-refractivity contribution in [3.63, 3.8) is 0 Å². The number of anilines is 1. The van der Waals surface area contributed by atoms with Gasteiger partial charge < -0.3 is 10.2 Å². The molecule has 1 rings (SSSR count). The van der Waals surface area contributed by atoms with Crippen molar-refractivity contribution in [1.29, 1.82) is 0 Å². The van der Waals surface area contributed by atoms with E-state index >= 15 is 0 Å². The van der Waals surface area contributed by atoms with Crippen LogP contribution in [0.25, 0.3) is 0 Å². The first-order valence-corrected chi connectivity index (χ1v) is 8.19. The van der Waals surface area contributed by atoms with Crippen molar-refractivity contribution in [2.75, 3.05) is 38.8 Å². The minimum atomic E-state index is -3.20. The maximum atomic E-state index is 11.7. The number of nitrogens with one attached hydrogen (secondary N) is 1. The molecule has 0 fully saturated rings. The lowest BCUT2D eigenvalue weighted by molar-refractivity contribution is 0.254. The summed E-state index contributed by atoms with van der Waals surface area (Å²) in [6, 6.07) is 7.03. The molecule has 0 amide bonds. The molecular formula is C14H24N2O2S. The molecule has 0 unspecified atom stereocenters. The summed E-state index contributed by atoms with van der Waals surface area (Å²) >= 11 is 0. The van der Waals surface area contributed by atoms with Crippen molar-refractivity contribution < 1.29 is 8.42 Å². The van der Waals surface area contributed by atoms with Crippen LogP contribution in [0.2, 0.25) is 0 Å². The SMILES string of the molecule is CN(C)CC(C)(C)CNc1ccccc1S(C)(=O)=O. The van der Waals surface area contributed by atoms with Crippen molar-refractivity contribution in [1.82, 2.24) is 4.90 Å². The second-order valence-corrected chi connectivity index (χ2v) is 8.01. The Kier molecular flexibility index (Phi) is 4.98. The number of hydrogen-bond acceptors (Lipinski definition) is 4. The zero-order valence-corrected chi connectivity index (χ0v) is 13.2. The first-order valence-electron chi connectivity index (χ1n) is 6.29. The molecule has 0 aromatic heterocycles. The molecule has 1 N–H and O–H groups in total. The Morgan fingerprint density at radius 1 is 1.21 bits per heavy atom. The molecule has 0 radical (unpaired) electrons. The fourth-order valence-electron chi connectivity index (χ4n) is 2.18. The quantitative estimate of drug-likeness (QED) is 0.869. The lowest BCUT2D eigenvalue weighted by Gasteiger charge is -2.29. The van der Waals surface area contributed by atoms with Crippen LogP contribution in [-0.2, 0) is 9.84 Å². The van der Waals surface area contributed by atoms with Gasteiger partial charge in [-0.3, -0.25) is 0 Å². The fourth-order valence-corrected chi connectivity index (χ4v) is 3.05. The van der Waals surface area contributed by atoms with E-state index in [-0.39, 0.29) is 5.41 Å². The van der Waals surface area contributed by atoms with Gasteiger partial charge in [-0.25, -0.2) is 8.42 Å². The number of hydrogen-bond donors (Lipinski definition) is 1. The van der Waals surface area contributed by atoms with E-state index in [0.717, 1.165) is 13.1 Å². The van der Waals surface area contributed by atoms with Gasteiger partial charge in [-0.05, 0) is 31.6 Å². The summed E-state index contributed by atoms with van der Waals surface area (Å²) < 4.78 is 23.4. The Balaban J connectivity index is 2.85. The molecule has 0 saturated heterocycles. The van der Waals surface area contributed by atoms with Gasteiger partial charge in [0.25, 0.3) is 0 Å². The van der Waals surface area contributed by atoms with E-state index in [0.29, 0.717) is 10.6 Å². The molecule has 19 heavy (non-hydrogen) atoms. The molecule has 0 aliphatic heterocycles. The second kappa shape index (κ2) is 5.92. The van der Waals surface area contributed by atoms with Gasteiger partial charge in [0.1, 0.15) is 0 Å². The highest BCUT2D eigenvalue weighted by atomic mass is 32.2. The lowest BCUT2D eigenvalue weighted by atomic mass is 9.93. The van der Waals surface area contributed by atoms with E-state index in [1.165, 1.54) is 6.26 Å². The number of nitrogens with zero attached hydrogens (tertiary/aromatic N) is 1. The van der Waals surface area contributed by atoms with E-state index in [4.69, 9.17) is 0 Å². The normalized spacial score (nSPS) is 12.7. The van der Waals surface area contributed by atoms with Gasteiger partial charge in [-0.15, -0.1) is 0 Å². The Labute approximate surface area is 116 Å². The van der Waals surface area contributed by atoms with Crippen LogP contribution in [-0.4, -0.2) is 46.8 Å². The minimum Gasteiger partial charge on any atom is -0.383 e. The summed E-state index contributed by atoms with van der Waals surface area (Å²) in [5.74, 6) is 0. The highest BCUT2D eigenvalue weighted by Gasteiger charge is 2.20. The van der Waals surface area contributed by atoms with Crippen LogP contribution < -0.4 is 5.32 Å². The number of sulfone groups is 1. The third-order valence-corrected chi connectivity index (χ3v) is 3.94. The summed E-state index contributed by atoms with van der Waals surface area (Å²) in [4.78, 5) is 2.49. The van der Waals surface area contributed by atoms with Crippen LogP contribution in [0.15, 0.2) is 29.2 Å². The minimum absolute atomic E-state index is 0.0636. The average Bonchev–Trinajstić information content (AvgIpc) is 2.24. The average molecular weight is 284 g/mol. The third-order valence-electron chi connectivity index (χ3n) is 2.79. The Morgan fingerprint density at radius 2 is 1.79 bits per heavy atom. The zero-order valence-electron chi connectivity index (χ0n) is 12.4. The van der Waals surface area contributed by atoms with Crippen molar-refractivity contribution >= 4 is 15.5 Å². The van der Waals surface area contributed by atoms with Gasteiger partial charge in [0, 0.05) is 19.3 Å². The highest BCUT2D eigenvalue weighted by molar-refractivity contribution is 7.90. The fraction of sp³-hybridized carbons (Fsp3) is 0.571. The van der Waals surface area contributed by atoms with Gasteiger partial charge in [0.15, 0.2) is 9.84 Å². The molecule has 4 nitrogen and oxygen atoms in total. The van der Waals surface area contributed by atoms with Crippen molar-refractivity contribution in [3.8, 4) is 0 Å². The Bertz CT molecular complexity index is 522. The standard InChI is InChI=1S/C14H24N2O2S/c1-14(2,11-16(3)4)10-15-12-8-6-7-9-13(12)19(5,17)18/h6-9,15H,10-11H2,1-5H3. The predicted octanol–water partition coefficient (Wildman–Crippen LogP) is 2.09. The predicted molar refractivity (Wildman–Crippen MR) is 80.4 cm³/mol. The largest absolute Gasteiger partial charge is 0.383 e. The topological polar surface area (TPSA) is 49.4 Å². The van der Waals surface area contributed by atoms with Crippen molar-refractivity contribution in [3.05, 3.63) is 24.3 Å². The van der Waals surface area contributed by atoms with Gasteiger partial charge >= 0.3 is 0 Å². The van der Waals surface area contributed by atoms with E-state index in [1.54, 1.807) is 12.1 Å². The van der Waals surface area contributed by atoms with E-state index < -0.39 is 9.84 Å². The number of para-hydroxylation sites is 1. The van der Waals surface area contributed by atoms with Crippen LogP contribution >= 0.6 is 0 Å².